The lowest BCUT2D eigenvalue weighted by Gasteiger charge is -2.34. The quantitative estimate of drug-likeness (QED) is 0.682. The molecule has 2 aromatic carbocycles. The second-order valence-electron chi connectivity index (χ2n) is 7.78. The van der Waals surface area contributed by atoms with Crippen LogP contribution in [-0.4, -0.2) is 63.2 Å². The van der Waals surface area contributed by atoms with Crippen LogP contribution in [0.2, 0.25) is 0 Å². The summed E-state index contributed by atoms with van der Waals surface area (Å²) in [6, 6.07) is 15.6. The first-order chi connectivity index (χ1) is 14.1. The van der Waals surface area contributed by atoms with Crippen LogP contribution in [0.3, 0.4) is 0 Å². The highest BCUT2D eigenvalue weighted by Gasteiger charge is 2.23. The number of carbonyl (C=O) groups excluding carboxylic acids is 1. The van der Waals surface area contributed by atoms with Crippen LogP contribution in [0.15, 0.2) is 48.5 Å². The van der Waals surface area contributed by atoms with Crippen molar-refractivity contribution in [1.82, 2.24) is 9.80 Å². The third-order valence-corrected chi connectivity index (χ3v) is 5.71. The third kappa shape index (κ3) is 5.73. The minimum Gasteiger partial charge on any atom is -0.497 e. The van der Waals surface area contributed by atoms with Gasteiger partial charge in [0.1, 0.15) is 11.5 Å². The lowest BCUT2D eigenvalue weighted by molar-refractivity contribution is 0.0730. The SMILES string of the molecule is COc1ccc(C(=O)N(C)CC2CCCN(CCc3ccccc3OC)C2)cc1. The minimum absolute atomic E-state index is 0.0683. The molecule has 1 aliphatic heterocycles. The van der Waals surface area contributed by atoms with E-state index in [0.29, 0.717) is 11.5 Å². The van der Waals surface area contributed by atoms with Crippen LogP contribution >= 0.6 is 0 Å². The van der Waals surface area contributed by atoms with E-state index in [1.54, 1.807) is 14.2 Å². The van der Waals surface area contributed by atoms with Gasteiger partial charge < -0.3 is 19.3 Å². The molecule has 5 nitrogen and oxygen atoms in total. The molecule has 156 valence electrons. The molecule has 0 aromatic heterocycles. The van der Waals surface area contributed by atoms with Crippen molar-refractivity contribution in [2.45, 2.75) is 19.3 Å². The maximum Gasteiger partial charge on any atom is 0.253 e. The molecule has 1 fully saturated rings. The fourth-order valence-electron chi connectivity index (χ4n) is 4.12. The summed E-state index contributed by atoms with van der Waals surface area (Å²) in [6.07, 6.45) is 3.34. The maximum atomic E-state index is 12.7. The molecule has 1 atom stereocenters. The summed E-state index contributed by atoms with van der Waals surface area (Å²) >= 11 is 0. The number of methoxy groups -OCH3 is 2. The van der Waals surface area contributed by atoms with Gasteiger partial charge in [-0.3, -0.25) is 4.79 Å². The van der Waals surface area contributed by atoms with Crippen LogP contribution in [-0.2, 0) is 6.42 Å². The summed E-state index contributed by atoms with van der Waals surface area (Å²) in [5.74, 6) is 2.31. The zero-order valence-corrected chi connectivity index (χ0v) is 17.8. The van der Waals surface area contributed by atoms with Crippen LogP contribution in [0, 0.1) is 5.92 Å². The second-order valence-corrected chi connectivity index (χ2v) is 7.78. The predicted octanol–water partition coefficient (Wildman–Crippen LogP) is 3.73. The molecule has 0 aliphatic carbocycles. The summed E-state index contributed by atoms with van der Waals surface area (Å²) in [6.45, 7) is 3.97. The maximum absolute atomic E-state index is 12.7. The van der Waals surface area contributed by atoms with Gasteiger partial charge in [0.15, 0.2) is 0 Å². The van der Waals surface area contributed by atoms with E-state index in [1.165, 1.54) is 18.4 Å². The van der Waals surface area contributed by atoms with Crippen LogP contribution in [0.5, 0.6) is 11.5 Å². The van der Waals surface area contributed by atoms with Crippen molar-refractivity contribution in [3.8, 4) is 11.5 Å². The van der Waals surface area contributed by atoms with Crippen molar-refractivity contribution in [1.29, 1.82) is 0 Å². The molecule has 3 rings (SSSR count). The monoisotopic (exact) mass is 396 g/mol. The smallest absolute Gasteiger partial charge is 0.253 e. The third-order valence-electron chi connectivity index (χ3n) is 5.71. The number of carbonyl (C=O) groups is 1. The lowest BCUT2D eigenvalue weighted by Crippen LogP contribution is -2.42. The van der Waals surface area contributed by atoms with Gasteiger partial charge in [0.25, 0.3) is 5.91 Å². The molecule has 1 amide bonds. The Bertz CT molecular complexity index is 791. The Labute approximate surface area is 174 Å². The van der Waals surface area contributed by atoms with E-state index >= 15 is 0 Å². The first kappa shape index (κ1) is 21.2. The van der Waals surface area contributed by atoms with E-state index in [1.807, 2.05) is 48.3 Å². The van der Waals surface area contributed by atoms with E-state index in [2.05, 4.69) is 17.0 Å². The van der Waals surface area contributed by atoms with Crippen LogP contribution < -0.4 is 9.47 Å². The fraction of sp³-hybridized carbons (Fsp3) is 0.458. The van der Waals surface area contributed by atoms with Crippen molar-refractivity contribution in [3.63, 3.8) is 0 Å². The van der Waals surface area contributed by atoms with Gasteiger partial charge in [-0.15, -0.1) is 0 Å². The van der Waals surface area contributed by atoms with Crippen molar-refractivity contribution in [2.75, 3.05) is 47.4 Å². The van der Waals surface area contributed by atoms with Crippen molar-refractivity contribution < 1.29 is 14.3 Å². The number of piperidine rings is 1. The van der Waals surface area contributed by atoms with E-state index < -0.39 is 0 Å². The van der Waals surface area contributed by atoms with Crippen LogP contribution in [0.4, 0.5) is 0 Å². The molecule has 1 saturated heterocycles. The molecule has 1 unspecified atom stereocenters. The molecular formula is C24H32N2O3. The van der Waals surface area contributed by atoms with Crippen molar-refractivity contribution >= 4 is 5.91 Å². The Morgan fingerprint density at radius 3 is 2.59 bits per heavy atom. The Morgan fingerprint density at radius 2 is 1.86 bits per heavy atom. The number of rotatable bonds is 8. The average Bonchev–Trinajstić information content (AvgIpc) is 2.77. The zero-order chi connectivity index (χ0) is 20.6. The van der Waals surface area contributed by atoms with Gasteiger partial charge in [-0.2, -0.15) is 0 Å². The van der Waals surface area contributed by atoms with Gasteiger partial charge in [0.2, 0.25) is 0 Å². The highest BCUT2D eigenvalue weighted by Crippen LogP contribution is 2.22. The number of amides is 1. The molecule has 5 heteroatoms. The second kappa shape index (κ2) is 10.3. The predicted molar refractivity (Wildman–Crippen MR) is 116 cm³/mol. The highest BCUT2D eigenvalue weighted by molar-refractivity contribution is 5.94. The number of hydrogen-bond acceptors (Lipinski definition) is 4. The number of nitrogens with zero attached hydrogens (tertiary/aromatic N) is 2. The Balaban J connectivity index is 1.51. The zero-order valence-electron chi connectivity index (χ0n) is 17.8. The number of benzene rings is 2. The van der Waals surface area contributed by atoms with Crippen molar-refractivity contribution in [2.24, 2.45) is 5.92 Å². The number of ether oxygens (including phenoxy) is 2. The number of para-hydroxylation sites is 1. The highest BCUT2D eigenvalue weighted by atomic mass is 16.5. The first-order valence-electron chi connectivity index (χ1n) is 10.3. The topological polar surface area (TPSA) is 42.0 Å². The summed E-state index contributed by atoms with van der Waals surface area (Å²) in [5.41, 5.74) is 1.96. The largest absolute Gasteiger partial charge is 0.497 e. The normalized spacial score (nSPS) is 17.0. The van der Waals surface area contributed by atoms with Gasteiger partial charge >= 0.3 is 0 Å². The Morgan fingerprint density at radius 1 is 1.10 bits per heavy atom. The molecule has 0 radical (unpaired) electrons. The van der Waals surface area contributed by atoms with Gasteiger partial charge in [-0.1, -0.05) is 18.2 Å². The Hall–Kier alpha value is -2.53. The fourth-order valence-corrected chi connectivity index (χ4v) is 4.12. The molecule has 0 bridgehead atoms. The molecule has 1 heterocycles. The summed E-state index contributed by atoms with van der Waals surface area (Å²) in [4.78, 5) is 17.1. The molecule has 0 N–H and O–H groups in total. The van der Waals surface area contributed by atoms with Crippen molar-refractivity contribution in [3.05, 3.63) is 59.7 Å². The summed E-state index contributed by atoms with van der Waals surface area (Å²) < 4.78 is 10.6. The van der Waals surface area contributed by atoms with Crippen LogP contribution in [0.25, 0.3) is 0 Å². The number of likely N-dealkylation sites (tertiary alicyclic amines) is 1. The summed E-state index contributed by atoms with van der Waals surface area (Å²) in [5, 5.41) is 0. The van der Waals surface area contributed by atoms with E-state index in [4.69, 9.17) is 9.47 Å². The van der Waals surface area contributed by atoms with Gasteiger partial charge in [-0.05, 0) is 67.6 Å². The van der Waals surface area contributed by atoms with E-state index in [-0.39, 0.29) is 5.91 Å². The summed E-state index contributed by atoms with van der Waals surface area (Å²) in [7, 11) is 5.26. The van der Waals surface area contributed by atoms with E-state index in [0.717, 1.165) is 44.1 Å². The standard InChI is InChI=1S/C24H32N2O3/c1-25(24(27)21-10-12-22(28-2)13-11-21)17-19-7-6-15-26(18-19)16-14-20-8-4-5-9-23(20)29-3/h4-5,8-13,19H,6-7,14-18H2,1-3H3. The van der Waals surface area contributed by atoms with Crippen LogP contribution in [0.1, 0.15) is 28.8 Å². The lowest BCUT2D eigenvalue weighted by atomic mass is 9.96. The molecule has 0 spiro atoms. The minimum atomic E-state index is 0.0683. The molecule has 0 saturated carbocycles. The Kier molecular flexibility index (Phi) is 7.53. The molecular weight excluding hydrogens is 364 g/mol. The molecule has 29 heavy (non-hydrogen) atoms. The first-order valence-corrected chi connectivity index (χ1v) is 10.3. The van der Waals surface area contributed by atoms with Gasteiger partial charge in [0, 0.05) is 32.2 Å². The average molecular weight is 397 g/mol. The van der Waals surface area contributed by atoms with Gasteiger partial charge in [0.05, 0.1) is 14.2 Å². The van der Waals surface area contributed by atoms with Gasteiger partial charge in [-0.25, -0.2) is 0 Å². The molecule has 2 aromatic rings. The van der Waals surface area contributed by atoms with E-state index in [9.17, 15) is 4.79 Å². The number of hydrogen-bond donors (Lipinski definition) is 0. The molecule has 1 aliphatic rings.